The maximum absolute atomic E-state index is 4.35. The molecule has 43 heavy (non-hydrogen) atoms. The summed E-state index contributed by atoms with van der Waals surface area (Å²) in [6, 6.07) is 40.2. The molecule has 2 heterocycles. The van der Waals surface area contributed by atoms with Crippen molar-refractivity contribution in [3.63, 3.8) is 0 Å². The van der Waals surface area contributed by atoms with E-state index in [9.17, 15) is 0 Å². The van der Waals surface area contributed by atoms with Crippen molar-refractivity contribution in [2.24, 2.45) is 0 Å². The first-order valence-corrected chi connectivity index (χ1v) is 15.1. The second kappa shape index (κ2) is 18.1. The van der Waals surface area contributed by atoms with Gasteiger partial charge in [0.15, 0.2) is 0 Å². The van der Waals surface area contributed by atoms with Crippen LogP contribution in [0.2, 0.25) is 0 Å². The highest BCUT2D eigenvalue weighted by atomic mass is 14.7. The molecule has 5 aromatic carbocycles. The molecule has 0 fully saturated rings. The van der Waals surface area contributed by atoms with E-state index in [1.54, 1.807) is 12.4 Å². The Labute approximate surface area is 259 Å². The van der Waals surface area contributed by atoms with E-state index < -0.39 is 0 Å². The average Bonchev–Trinajstić information content (AvgIpc) is 3.06. The van der Waals surface area contributed by atoms with Crippen LogP contribution in [0.1, 0.15) is 58.7 Å². The summed E-state index contributed by atoms with van der Waals surface area (Å²) in [5.41, 5.74) is 6.14. The summed E-state index contributed by atoms with van der Waals surface area (Å²) < 4.78 is 0. The lowest BCUT2D eigenvalue weighted by Crippen LogP contribution is -1.83. The smallest absolute Gasteiger partial charge is 0.0964 e. The zero-order chi connectivity index (χ0) is 30.3. The normalized spacial score (nSPS) is 9.65. The van der Waals surface area contributed by atoms with Crippen molar-refractivity contribution >= 4 is 43.4 Å². The second-order valence-electron chi connectivity index (χ2n) is 9.57. The molecule has 0 aliphatic rings. The second-order valence-corrected chi connectivity index (χ2v) is 9.57. The van der Waals surface area contributed by atoms with Crippen molar-refractivity contribution in [2.45, 2.75) is 62.3 Å². The number of aromatic nitrogens is 2. The zero-order valence-electron chi connectivity index (χ0n) is 26.2. The Morgan fingerprint density at radius 3 is 1.26 bits per heavy atom. The van der Waals surface area contributed by atoms with Crippen molar-refractivity contribution in [1.29, 1.82) is 0 Å². The van der Waals surface area contributed by atoms with Gasteiger partial charge in [0.05, 0.1) is 11.0 Å². The first kappa shape index (κ1) is 34.6. The molecule has 222 valence electrons. The minimum Gasteiger partial charge on any atom is -0.254 e. The van der Waals surface area contributed by atoms with Gasteiger partial charge in [0.25, 0.3) is 0 Å². The third kappa shape index (κ3) is 9.21. The highest BCUT2D eigenvalue weighted by Gasteiger charge is 2.00. The molecule has 0 unspecified atom stereocenters. The number of fused-ring (bicyclic) bond motifs is 6. The van der Waals surface area contributed by atoms with E-state index >= 15 is 0 Å². The molecular weight excluding hydrogens is 520 g/mol. The summed E-state index contributed by atoms with van der Waals surface area (Å²) in [6.07, 6.45) is 4.75. The Morgan fingerprint density at radius 2 is 0.837 bits per heavy atom. The molecule has 2 nitrogen and oxygen atoms in total. The van der Waals surface area contributed by atoms with Crippen molar-refractivity contribution in [3.05, 3.63) is 144 Å². The number of pyridine rings is 2. The van der Waals surface area contributed by atoms with Gasteiger partial charge in [-0.3, -0.25) is 9.97 Å². The van der Waals surface area contributed by atoms with E-state index in [0.717, 1.165) is 28.2 Å². The molecule has 2 heteroatoms. The van der Waals surface area contributed by atoms with Crippen molar-refractivity contribution in [3.8, 4) is 0 Å². The molecule has 2 aromatic heterocycles. The largest absolute Gasteiger partial charge is 0.254 e. The van der Waals surface area contributed by atoms with E-state index in [1.165, 1.54) is 38.2 Å². The first-order chi connectivity index (χ1) is 20.6. The topological polar surface area (TPSA) is 25.8 Å². The molecule has 0 saturated heterocycles. The van der Waals surface area contributed by atoms with Gasteiger partial charge in [-0.15, -0.1) is 0 Å². The Morgan fingerprint density at radius 1 is 0.465 bits per heavy atom. The molecule has 0 amide bonds. The highest BCUT2D eigenvalue weighted by Crippen LogP contribution is 2.24. The Bertz CT molecular complexity index is 1590. The molecule has 0 aliphatic heterocycles. The van der Waals surface area contributed by atoms with Gasteiger partial charge in [-0.2, -0.15) is 0 Å². The third-order valence-electron chi connectivity index (χ3n) is 6.69. The van der Waals surface area contributed by atoms with Gasteiger partial charge >= 0.3 is 0 Å². The monoisotopic (exact) mass is 568 g/mol. The lowest BCUT2D eigenvalue weighted by Gasteiger charge is -2.02. The van der Waals surface area contributed by atoms with Gasteiger partial charge < -0.3 is 0 Å². The minimum absolute atomic E-state index is 0. The van der Waals surface area contributed by atoms with Gasteiger partial charge in [-0.1, -0.05) is 156 Å². The maximum atomic E-state index is 4.35. The maximum Gasteiger partial charge on any atom is 0.0964 e. The number of hydrogen-bond acceptors (Lipinski definition) is 2. The lowest BCUT2D eigenvalue weighted by molar-refractivity contribution is 1.12. The third-order valence-corrected chi connectivity index (χ3v) is 6.69. The Balaban J connectivity index is 0.000000213. The summed E-state index contributed by atoms with van der Waals surface area (Å²) in [5, 5.41) is 7.58. The van der Waals surface area contributed by atoms with Crippen LogP contribution in [0.25, 0.3) is 43.4 Å². The number of hydrogen-bond donors (Lipinski definition) is 0. The highest BCUT2D eigenvalue weighted by molar-refractivity contribution is 6.07. The van der Waals surface area contributed by atoms with Crippen molar-refractivity contribution in [1.82, 2.24) is 9.97 Å². The molecule has 0 bridgehead atoms. The van der Waals surface area contributed by atoms with Crippen molar-refractivity contribution in [2.75, 3.05) is 0 Å². The van der Waals surface area contributed by atoms with Gasteiger partial charge in [-0.25, -0.2) is 0 Å². The predicted octanol–water partition coefficient (Wildman–Crippen LogP) is 12.3. The van der Waals surface area contributed by atoms with Crippen LogP contribution >= 0.6 is 0 Å². The van der Waals surface area contributed by atoms with Gasteiger partial charge in [0, 0.05) is 23.2 Å². The van der Waals surface area contributed by atoms with Gasteiger partial charge in [0.2, 0.25) is 0 Å². The molecule has 7 rings (SSSR count). The summed E-state index contributed by atoms with van der Waals surface area (Å²) in [4.78, 5) is 8.69. The average molecular weight is 569 g/mol. The van der Waals surface area contributed by atoms with E-state index in [-0.39, 0.29) is 7.43 Å². The van der Waals surface area contributed by atoms with Crippen molar-refractivity contribution < 1.29 is 0 Å². The number of rotatable bonds is 1. The minimum atomic E-state index is 0. The Hall–Kier alpha value is -4.56. The molecule has 0 saturated carbocycles. The van der Waals surface area contributed by atoms with Crippen LogP contribution in [-0.4, -0.2) is 9.97 Å². The summed E-state index contributed by atoms with van der Waals surface area (Å²) in [5.74, 6) is 0. The van der Waals surface area contributed by atoms with Crippen LogP contribution in [0.4, 0.5) is 0 Å². The van der Waals surface area contributed by atoms with E-state index in [0.29, 0.717) is 0 Å². The fourth-order valence-electron chi connectivity index (χ4n) is 4.91. The van der Waals surface area contributed by atoms with E-state index in [1.807, 2.05) is 39.8 Å². The summed E-state index contributed by atoms with van der Waals surface area (Å²) in [6.45, 7) is 14.5. The van der Waals surface area contributed by atoms with Gasteiger partial charge in [0.1, 0.15) is 0 Å². The molecule has 7 aromatic rings. The SMILES string of the molecule is C.CC.CC.CCc1cc(C)cc(C)c1.c1ccc2c(c1)ccc1ccccc12.c1cnc2c(c1)ccc1cccnc12. The zero-order valence-corrected chi connectivity index (χ0v) is 26.2. The first-order valence-electron chi connectivity index (χ1n) is 15.1. The van der Waals surface area contributed by atoms with Crippen LogP contribution in [0.3, 0.4) is 0 Å². The molecule has 0 aliphatic carbocycles. The van der Waals surface area contributed by atoms with Gasteiger partial charge in [-0.05, 0) is 59.5 Å². The lowest BCUT2D eigenvalue weighted by atomic mass is 10.0. The molecule has 0 radical (unpaired) electrons. The van der Waals surface area contributed by atoms with E-state index in [2.05, 4.69) is 134 Å². The van der Waals surface area contributed by atoms with Crippen LogP contribution in [-0.2, 0) is 6.42 Å². The number of benzene rings is 5. The molecule has 0 atom stereocenters. The predicted molar refractivity (Wildman–Crippen MR) is 193 cm³/mol. The fourth-order valence-corrected chi connectivity index (χ4v) is 4.91. The molecule has 0 spiro atoms. The van der Waals surface area contributed by atoms with Crippen LogP contribution in [0, 0.1) is 13.8 Å². The van der Waals surface area contributed by atoms with Crippen LogP contribution < -0.4 is 0 Å². The molecular formula is C41H48N2. The fraction of sp³-hybridized carbons (Fsp3) is 0.220. The quantitative estimate of drug-likeness (QED) is 0.184. The van der Waals surface area contributed by atoms with Crippen LogP contribution in [0.5, 0.6) is 0 Å². The Kier molecular flexibility index (Phi) is 14.6. The number of nitrogens with zero attached hydrogens (tertiary/aromatic N) is 2. The number of aryl methyl sites for hydroxylation is 3. The summed E-state index contributed by atoms with van der Waals surface area (Å²) in [7, 11) is 0. The summed E-state index contributed by atoms with van der Waals surface area (Å²) >= 11 is 0. The van der Waals surface area contributed by atoms with E-state index in [4.69, 9.17) is 0 Å². The molecule has 0 N–H and O–H groups in total. The standard InChI is InChI=1S/C14H10.C12H8N2.C10H14.2C2H6.CH4/c1-3-7-13-11(5-1)9-10-12-6-2-4-8-14(12)13;1-3-9-5-6-10-4-2-8-14-12(10)11(9)13-7-1;1-4-10-6-8(2)5-9(3)7-10;2*1-2;/h1-10H;1-8H;5-7H,4H2,1-3H3;2*1-2H3;1H4. The van der Waals surface area contributed by atoms with Crippen LogP contribution in [0.15, 0.2) is 128 Å².